The lowest BCUT2D eigenvalue weighted by atomic mass is 10.0. The molecule has 3 aromatic carbocycles. The van der Waals surface area contributed by atoms with E-state index in [1.807, 2.05) is 62.4 Å². The summed E-state index contributed by atoms with van der Waals surface area (Å²) in [6, 6.07) is 19.3. The maximum atomic E-state index is 13.6. The topological polar surface area (TPSA) is 51.0 Å². The van der Waals surface area contributed by atoms with Crippen LogP contribution in [0.3, 0.4) is 0 Å². The highest BCUT2D eigenvalue weighted by Gasteiger charge is 2.24. The van der Waals surface area contributed by atoms with Crippen molar-refractivity contribution in [3.05, 3.63) is 100 Å². The van der Waals surface area contributed by atoms with Gasteiger partial charge >= 0.3 is 0 Å². The zero-order valence-electron chi connectivity index (χ0n) is 16.0. The Morgan fingerprint density at radius 2 is 1.76 bits per heavy atom. The molecule has 6 heteroatoms. The second-order valence-corrected chi connectivity index (χ2v) is 7.21. The van der Waals surface area contributed by atoms with E-state index in [9.17, 15) is 4.39 Å². The molecule has 1 heterocycles. The van der Waals surface area contributed by atoms with Gasteiger partial charge < -0.3 is 9.73 Å². The molecule has 0 radical (unpaired) electrons. The van der Waals surface area contributed by atoms with E-state index in [-0.39, 0.29) is 5.02 Å². The average Bonchev–Trinajstić information content (AvgIpc) is 3.20. The van der Waals surface area contributed by atoms with Gasteiger partial charge in [-0.05, 0) is 55.3 Å². The van der Waals surface area contributed by atoms with E-state index in [0.717, 1.165) is 22.4 Å². The number of hydrogen-bond acceptors (Lipinski definition) is 4. The number of nitrogens with one attached hydrogen (secondary N) is 1. The van der Waals surface area contributed by atoms with E-state index in [0.29, 0.717) is 17.3 Å². The van der Waals surface area contributed by atoms with E-state index in [4.69, 9.17) is 16.0 Å². The van der Waals surface area contributed by atoms with Gasteiger partial charge in [-0.15, -0.1) is 10.2 Å². The number of anilines is 1. The van der Waals surface area contributed by atoms with E-state index in [1.54, 1.807) is 6.07 Å². The summed E-state index contributed by atoms with van der Waals surface area (Å²) in [5, 5.41) is 12.2. The Kier molecular flexibility index (Phi) is 5.32. The largest absolute Gasteiger partial charge is 0.418 e. The first-order valence-corrected chi connectivity index (χ1v) is 9.57. The standard InChI is InChI=1S/C23H19ClFN3O/c1-14-7-6-10-20(15(14)2)26-21(18-12-11-17(25)13-19(18)24)23-28-27-22(29-23)16-8-4-3-5-9-16/h3-13,21,26H,1-2H3. The van der Waals surface area contributed by atoms with Crippen LogP contribution in [0.25, 0.3) is 11.5 Å². The number of rotatable bonds is 5. The second-order valence-electron chi connectivity index (χ2n) is 6.80. The molecule has 1 aromatic heterocycles. The normalized spacial score (nSPS) is 12.0. The van der Waals surface area contributed by atoms with Crippen molar-refractivity contribution in [3.63, 3.8) is 0 Å². The van der Waals surface area contributed by atoms with Gasteiger partial charge in [0.15, 0.2) is 0 Å². The summed E-state index contributed by atoms with van der Waals surface area (Å²) in [5.74, 6) is 0.351. The number of halogens is 2. The fourth-order valence-corrected chi connectivity index (χ4v) is 3.40. The number of hydrogen-bond donors (Lipinski definition) is 1. The minimum Gasteiger partial charge on any atom is -0.418 e. The maximum Gasteiger partial charge on any atom is 0.247 e. The monoisotopic (exact) mass is 407 g/mol. The molecule has 1 N–H and O–H groups in total. The van der Waals surface area contributed by atoms with Gasteiger partial charge in [-0.25, -0.2) is 4.39 Å². The summed E-state index contributed by atoms with van der Waals surface area (Å²) in [6.45, 7) is 4.07. The summed E-state index contributed by atoms with van der Waals surface area (Å²) in [5.41, 5.74) is 4.63. The molecule has 1 unspecified atom stereocenters. The zero-order valence-corrected chi connectivity index (χ0v) is 16.7. The quantitative estimate of drug-likeness (QED) is 0.419. The van der Waals surface area contributed by atoms with Gasteiger partial charge in [0.2, 0.25) is 11.8 Å². The van der Waals surface area contributed by atoms with Crippen LogP contribution in [0.1, 0.15) is 28.6 Å². The smallest absolute Gasteiger partial charge is 0.247 e. The minimum atomic E-state index is -0.534. The van der Waals surface area contributed by atoms with Crippen LogP contribution in [0.5, 0.6) is 0 Å². The average molecular weight is 408 g/mol. The van der Waals surface area contributed by atoms with Crippen LogP contribution in [0.15, 0.2) is 71.1 Å². The molecule has 29 heavy (non-hydrogen) atoms. The number of nitrogens with zero attached hydrogens (tertiary/aromatic N) is 2. The Morgan fingerprint density at radius 1 is 0.966 bits per heavy atom. The lowest BCUT2D eigenvalue weighted by molar-refractivity contribution is 0.493. The first-order valence-electron chi connectivity index (χ1n) is 9.19. The third-order valence-electron chi connectivity index (χ3n) is 4.89. The Morgan fingerprint density at radius 3 is 2.52 bits per heavy atom. The Bertz CT molecular complexity index is 1140. The molecule has 0 saturated heterocycles. The SMILES string of the molecule is Cc1cccc(NC(c2nnc(-c3ccccc3)o2)c2ccc(F)cc2Cl)c1C. The van der Waals surface area contributed by atoms with Crippen molar-refractivity contribution in [2.75, 3.05) is 5.32 Å². The van der Waals surface area contributed by atoms with Crippen LogP contribution < -0.4 is 5.32 Å². The van der Waals surface area contributed by atoms with Crippen LogP contribution in [0, 0.1) is 19.7 Å². The molecule has 4 nitrogen and oxygen atoms in total. The molecular weight excluding hydrogens is 389 g/mol. The molecular formula is C23H19ClFN3O. The van der Waals surface area contributed by atoms with Gasteiger partial charge in [0.25, 0.3) is 0 Å². The summed E-state index contributed by atoms with van der Waals surface area (Å²) in [7, 11) is 0. The molecule has 0 aliphatic rings. The lowest BCUT2D eigenvalue weighted by Gasteiger charge is -2.20. The van der Waals surface area contributed by atoms with Crippen molar-refractivity contribution in [1.82, 2.24) is 10.2 Å². The van der Waals surface area contributed by atoms with Crippen molar-refractivity contribution in [1.29, 1.82) is 0 Å². The van der Waals surface area contributed by atoms with E-state index in [1.165, 1.54) is 12.1 Å². The maximum absolute atomic E-state index is 13.6. The Labute approximate surface area is 173 Å². The number of aryl methyl sites for hydroxylation is 1. The first-order chi connectivity index (χ1) is 14.0. The number of aromatic nitrogens is 2. The van der Waals surface area contributed by atoms with Crippen LogP contribution in [0.4, 0.5) is 10.1 Å². The van der Waals surface area contributed by atoms with Gasteiger partial charge in [-0.3, -0.25) is 0 Å². The molecule has 146 valence electrons. The van der Waals surface area contributed by atoms with Crippen LogP contribution in [-0.4, -0.2) is 10.2 Å². The predicted octanol–water partition coefficient (Wildman–Crippen LogP) is 6.35. The van der Waals surface area contributed by atoms with Crippen LogP contribution in [-0.2, 0) is 0 Å². The third kappa shape index (κ3) is 4.00. The summed E-state index contributed by atoms with van der Waals surface area (Å²) >= 11 is 6.37. The molecule has 0 saturated carbocycles. The second kappa shape index (κ2) is 8.05. The Balaban J connectivity index is 1.78. The molecule has 0 aliphatic carbocycles. The first kappa shape index (κ1) is 19.2. The van der Waals surface area contributed by atoms with Gasteiger partial charge in [0, 0.05) is 21.8 Å². The molecule has 0 amide bonds. The molecule has 0 bridgehead atoms. The highest BCUT2D eigenvalue weighted by Crippen LogP contribution is 2.34. The molecule has 4 aromatic rings. The highest BCUT2D eigenvalue weighted by molar-refractivity contribution is 6.31. The Hall–Kier alpha value is -3.18. The number of benzene rings is 3. The van der Waals surface area contributed by atoms with Crippen molar-refractivity contribution in [2.45, 2.75) is 19.9 Å². The minimum absolute atomic E-state index is 0.285. The van der Waals surface area contributed by atoms with E-state index >= 15 is 0 Å². The third-order valence-corrected chi connectivity index (χ3v) is 5.21. The van der Waals surface area contributed by atoms with Crippen LogP contribution in [0.2, 0.25) is 5.02 Å². The molecule has 1 atom stereocenters. The molecule has 0 fully saturated rings. The van der Waals surface area contributed by atoms with Crippen molar-refractivity contribution >= 4 is 17.3 Å². The van der Waals surface area contributed by atoms with Gasteiger partial charge in [-0.2, -0.15) is 0 Å². The van der Waals surface area contributed by atoms with E-state index < -0.39 is 11.9 Å². The summed E-state index contributed by atoms with van der Waals surface area (Å²) in [6.07, 6.45) is 0. The van der Waals surface area contributed by atoms with Crippen molar-refractivity contribution in [2.24, 2.45) is 0 Å². The molecule has 0 aliphatic heterocycles. The van der Waals surface area contributed by atoms with Gasteiger partial charge in [-0.1, -0.05) is 48.0 Å². The summed E-state index contributed by atoms with van der Waals surface area (Å²) in [4.78, 5) is 0. The van der Waals surface area contributed by atoms with E-state index in [2.05, 4.69) is 15.5 Å². The fraction of sp³-hybridized carbons (Fsp3) is 0.130. The van der Waals surface area contributed by atoms with Gasteiger partial charge in [0.05, 0.1) is 0 Å². The van der Waals surface area contributed by atoms with Crippen molar-refractivity contribution < 1.29 is 8.81 Å². The summed E-state index contributed by atoms with van der Waals surface area (Å²) < 4.78 is 19.6. The lowest BCUT2D eigenvalue weighted by Crippen LogP contribution is -2.14. The van der Waals surface area contributed by atoms with Gasteiger partial charge in [0.1, 0.15) is 11.9 Å². The molecule has 4 rings (SSSR count). The fourth-order valence-electron chi connectivity index (χ4n) is 3.12. The van der Waals surface area contributed by atoms with Crippen molar-refractivity contribution in [3.8, 4) is 11.5 Å². The predicted molar refractivity (Wildman–Crippen MR) is 113 cm³/mol. The highest BCUT2D eigenvalue weighted by atomic mass is 35.5. The molecule has 0 spiro atoms. The zero-order chi connectivity index (χ0) is 20.4. The van der Waals surface area contributed by atoms with Crippen LogP contribution >= 0.6 is 11.6 Å².